The minimum atomic E-state index is -0.537. The summed E-state index contributed by atoms with van der Waals surface area (Å²) in [6.45, 7) is 6.23. The summed E-state index contributed by atoms with van der Waals surface area (Å²) in [6, 6.07) is 12.1. The van der Waals surface area contributed by atoms with Crippen LogP contribution in [0.3, 0.4) is 0 Å². The molecule has 1 aromatic heterocycles. The normalized spacial score (nSPS) is 17.9. The Balaban J connectivity index is 1.63. The van der Waals surface area contributed by atoms with Crippen molar-refractivity contribution in [1.29, 1.82) is 0 Å². The van der Waals surface area contributed by atoms with Crippen molar-refractivity contribution in [1.82, 2.24) is 9.88 Å². The topological polar surface area (TPSA) is 25.4 Å². The smallest absolute Gasteiger partial charge is 0.126 e. The summed E-state index contributed by atoms with van der Waals surface area (Å²) in [4.78, 5) is 6.81. The molecule has 5 heteroatoms. The quantitative estimate of drug-likeness (QED) is 0.550. The van der Waals surface area contributed by atoms with E-state index in [-0.39, 0.29) is 6.10 Å². The van der Waals surface area contributed by atoms with Gasteiger partial charge in [-0.1, -0.05) is 17.7 Å². The van der Waals surface area contributed by atoms with Crippen molar-refractivity contribution in [3.05, 3.63) is 77.0 Å². The zero-order chi connectivity index (χ0) is 21.3. The van der Waals surface area contributed by atoms with Crippen molar-refractivity contribution in [2.75, 3.05) is 26.7 Å². The van der Waals surface area contributed by atoms with Gasteiger partial charge >= 0.3 is 0 Å². The number of aryl methyl sites for hydroxylation is 1. The fourth-order valence-electron chi connectivity index (χ4n) is 4.48. The summed E-state index contributed by atoms with van der Waals surface area (Å²) in [7, 11) is 2.07. The maximum absolute atomic E-state index is 14.0. The first-order chi connectivity index (χ1) is 14.4. The number of ether oxygens (including phenoxy) is 1. The summed E-state index contributed by atoms with van der Waals surface area (Å²) in [5, 5.41) is 1.09. The Hall–Kier alpha value is -2.37. The minimum Gasteiger partial charge on any atom is -0.373 e. The van der Waals surface area contributed by atoms with Crippen molar-refractivity contribution in [2.24, 2.45) is 0 Å². The maximum Gasteiger partial charge on any atom is 0.126 e. The molecule has 0 aliphatic carbocycles. The number of rotatable bonds is 5. The molecule has 0 bridgehead atoms. The molecular weight excluding hydrogens is 382 g/mol. The number of aromatic nitrogens is 1. The van der Waals surface area contributed by atoms with Crippen molar-refractivity contribution in [3.8, 4) is 0 Å². The van der Waals surface area contributed by atoms with Crippen molar-refractivity contribution in [3.63, 3.8) is 0 Å². The summed E-state index contributed by atoms with van der Waals surface area (Å²) in [5.41, 5.74) is 3.41. The van der Waals surface area contributed by atoms with Crippen LogP contribution >= 0.6 is 0 Å². The third-order valence-electron chi connectivity index (χ3n) is 6.35. The fraction of sp³-hybridized carbons (Fsp3) is 0.400. The third-order valence-corrected chi connectivity index (χ3v) is 6.35. The van der Waals surface area contributed by atoms with Crippen LogP contribution in [0.25, 0.3) is 10.9 Å². The van der Waals surface area contributed by atoms with Gasteiger partial charge in [-0.2, -0.15) is 0 Å². The molecular formula is C25H28F2N2O. The molecule has 1 atom stereocenters. The number of piperidine rings is 1. The number of nitrogens with zero attached hydrogens (tertiary/aromatic N) is 2. The lowest BCUT2D eigenvalue weighted by Gasteiger charge is -2.41. The third kappa shape index (κ3) is 4.23. The zero-order valence-corrected chi connectivity index (χ0v) is 17.8. The van der Waals surface area contributed by atoms with Crippen molar-refractivity contribution >= 4 is 10.9 Å². The van der Waals surface area contributed by atoms with Gasteiger partial charge in [0, 0.05) is 28.6 Å². The molecule has 0 spiro atoms. The molecule has 1 unspecified atom stereocenters. The molecule has 4 rings (SSSR count). The van der Waals surface area contributed by atoms with E-state index in [1.165, 1.54) is 12.1 Å². The second kappa shape index (κ2) is 8.40. The number of likely N-dealkylation sites (tertiary alicyclic amines) is 1. The van der Waals surface area contributed by atoms with Gasteiger partial charge in [0.25, 0.3) is 0 Å². The van der Waals surface area contributed by atoms with Crippen LogP contribution in [0, 0.1) is 18.6 Å². The van der Waals surface area contributed by atoms with Crippen LogP contribution in [-0.2, 0) is 10.2 Å². The molecule has 2 aromatic carbocycles. The Labute approximate surface area is 176 Å². The van der Waals surface area contributed by atoms with Crippen molar-refractivity contribution < 1.29 is 13.5 Å². The number of hydrogen-bond donors (Lipinski definition) is 0. The van der Waals surface area contributed by atoms with Crippen LogP contribution in [0.1, 0.15) is 42.6 Å². The lowest BCUT2D eigenvalue weighted by atomic mass is 9.73. The monoisotopic (exact) mass is 410 g/mol. The molecule has 158 valence electrons. The summed E-state index contributed by atoms with van der Waals surface area (Å²) in [6.07, 6.45) is 3.21. The summed E-state index contributed by atoms with van der Waals surface area (Å²) in [5.74, 6) is -1.07. The van der Waals surface area contributed by atoms with E-state index in [1.807, 2.05) is 13.0 Å². The molecule has 3 aromatic rings. The zero-order valence-electron chi connectivity index (χ0n) is 17.8. The molecule has 0 saturated carbocycles. The van der Waals surface area contributed by atoms with Gasteiger partial charge in [0.2, 0.25) is 0 Å². The average molecular weight is 411 g/mol. The van der Waals surface area contributed by atoms with Crippen molar-refractivity contribution in [2.45, 2.75) is 38.2 Å². The van der Waals surface area contributed by atoms with Gasteiger partial charge in [0.1, 0.15) is 11.6 Å². The largest absolute Gasteiger partial charge is 0.373 e. The first-order valence-electron chi connectivity index (χ1n) is 10.5. The standard InChI is InChI=1S/C25H28F2N2O/c1-17-11-19-5-4-8-28-24(19)23(12-17)18(2)30-16-25(6-9-29(3)10-7-25)20-13-21(26)15-22(27)14-20/h4-5,8,11-15,18H,6-7,9-10,16H2,1-3H3. The van der Waals surface area contributed by atoms with Gasteiger partial charge in [0.05, 0.1) is 18.2 Å². The van der Waals surface area contributed by atoms with E-state index in [0.717, 1.165) is 54.0 Å². The molecule has 0 amide bonds. The van der Waals surface area contributed by atoms with Gasteiger partial charge in [0.15, 0.2) is 0 Å². The second-order valence-corrected chi connectivity index (χ2v) is 8.62. The van der Waals surface area contributed by atoms with Gasteiger partial charge in [-0.3, -0.25) is 4.98 Å². The number of benzene rings is 2. The van der Waals surface area contributed by atoms with Gasteiger partial charge in [-0.15, -0.1) is 0 Å². The Morgan fingerprint density at radius 1 is 1.10 bits per heavy atom. The highest BCUT2D eigenvalue weighted by Crippen LogP contribution is 2.38. The predicted molar refractivity (Wildman–Crippen MR) is 116 cm³/mol. The number of pyridine rings is 1. The summed E-state index contributed by atoms with van der Waals surface area (Å²) >= 11 is 0. The lowest BCUT2D eigenvalue weighted by molar-refractivity contribution is 0.00679. The molecule has 1 aliphatic rings. The number of halogens is 2. The van der Waals surface area contributed by atoms with E-state index < -0.39 is 17.0 Å². The van der Waals surface area contributed by atoms with Crippen LogP contribution < -0.4 is 0 Å². The van der Waals surface area contributed by atoms with Crippen LogP contribution in [0.4, 0.5) is 8.78 Å². The van der Waals surface area contributed by atoms with Gasteiger partial charge in [-0.05, 0) is 76.7 Å². The first kappa shape index (κ1) is 20.9. The fourth-order valence-corrected chi connectivity index (χ4v) is 4.48. The first-order valence-corrected chi connectivity index (χ1v) is 10.5. The highest BCUT2D eigenvalue weighted by atomic mass is 19.1. The van der Waals surface area contributed by atoms with Crippen LogP contribution in [0.2, 0.25) is 0 Å². The Bertz CT molecular complexity index is 1020. The van der Waals surface area contributed by atoms with E-state index >= 15 is 0 Å². The van der Waals surface area contributed by atoms with E-state index in [9.17, 15) is 8.78 Å². The number of fused-ring (bicyclic) bond motifs is 1. The van der Waals surface area contributed by atoms with Crippen LogP contribution in [0.15, 0.2) is 48.7 Å². The number of hydrogen-bond acceptors (Lipinski definition) is 3. The summed E-state index contributed by atoms with van der Waals surface area (Å²) < 4.78 is 34.4. The van der Waals surface area contributed by atoms with E-state index in [4.69, 9.17) is 4.74 Å². The Kier molecular flexibility index (Phi) is 5.85. The van der Waals surface area contributed by atoms with Crippen LogP contribution in [0.5, 0.6) is 0 Å². The molecule has 0 radical (unpaired) electrons. The molecule has 30 heavy (non-hydrogen) atoms. The molecule has 3 nitrogen and oxygen atoms in total. The molecule has 0 N–H and O–H groups in total. The lowest BCUT2D eigenvalue weighted by Crippen LogP contribution is -2.44. The maximum atomic E-state index is 14.0. The van der Waals surface area contributed by atoms with E-state index in [1.54, 1.807) is 6.20 Å². The van der Waals surface area contributed by atoms with Gasteiger partial charge < -0.3 is 9.64 Å². The SMILES string of the molecule is Cc1cc(C(C)OCC2(c3cc(F)cc(F)c3)CCN(C)CC2)c2ncccc2c1. The highest BCUT2D eigenvalue weighted by Gasteiger charge is 2.37. The van der Waals surface area contributed by atoms with Crippen LogP contribution in [-0.4, -0.2) is 36.6 Å². The highest BCUT2D eigenvalue weighted by molar-refractivity contribution is 5.82. The Morgan fingerprint density at radius 3 is 2.50 bits per heavy atom. The van der Waals surface area contributed by atoms with Gasteiger partial charge in [-0.25, -0.2) is 8.78 Å². The molecule has 1 aliphatic heterocycles. The van der Waals surface area contributed by atoms with E-state index in [2.05, 4.69) is 42.1 Å². The predicted octanol–water partition coefficient (Wildman–Crippen LogP) is 5.56. The average Bonchev–Trinajstić information content (AvgIpc) is 2.72. The minimum absolute atomic E-state index is 0.183. The molecule has 1 fully saturated rings. The Morgan fingerprint density at radius 2 is 1.80 bits per heavy atom. The van der Waals surface area contributed by atoms with E-state index in [0.29, 0.717) is 12.2 Å². The molecule has 2 heterocycles. The second-order valence-electron chi connectivity index (χ2n) is 8.62. The molecule has 1 saturated heterocycles.